The maximum absolute atomic E-state index is 12.7. The fraction of sp³-hybridized carbons (Fsp3) is 0.0870. The number of aryl methyl sites for hydroxylation is 1. The summed E-state index contributed by atoms with van der Waals surface area (Å²) >= 11 is 0. The lowest BCUT2D eigenvalue weighted by molar-refractivity contribution is -0.118. The molecule has 3 aromatic carbocycles. The molecule has 0 spiro atoms. The Morgan fingerprint density at radius 2 is 1.43 bits per heavy atom. The summed E-state index contributed by atoms with van der Waals surface area (Å²) in [6.07, 6.45) is 0. The quantitative estimate of drug-likeness (QED) is 0.592. The Hall–Kier alpha value is -3.73. The Labute approximate surface area is 162 Å². The number of nitrogens with one attached hydrogen (secondary N) is 1. The molecular formula is C23H17NO4. The van der Waals surface area contributed by atoms with Crippen LogP contribution in [0.2, 0.25) is 0 Å². The van der Waals surface area contributed by atoms with Crippen molar-refractivity contribution in [1.82, 2.24) is 0 Å². The van der Waals surface area contributed by atoms with Gasteiger partial charge in [-0.1, -0.05) is 42.0 Å². The van der Waals surface area contributed by atoms with E-state index in [1.807, 2.05) is 19.1 Å². The van der Waals surface area contributed by atoms with Gasteiger partial charge >= 0.3 is 0 Å². The Morgan fingerprint density at radius 3 is 2.11 bits per heavy atom. The summed E-state index contributed by atoms with van der Waals surface area (Å²) in [6, 6.07) is 18.9. The molecule has 4 rings (SSSR count). The number of benzene rings is 3. The van der Waals surface area contributed by atoms with Crippen molar-refractivity contribution in [3.05, 3.63) is 94.5 Å². The van der Waals surface area contributed by atoms with E-state index in [0.29, 0.717) is 33.7 Å². The maximum Gasteiger partial charge on any atom is 0.262 e. The average molecular weight is 371 g/mol. The minimum Gasteiger partial charge on any atom is -0.484 e. The van der Waals surface area contributed by atoms with Crippen molar-refractivity contribution in [1.29, 1.82) is 0 Å². The van der Waals surface area contributed by atoms with Crippen LogP contribution in [0.3, 0.4) is 0 Å². The molecule has 0 heterocycles. The van der Waals surface area contributed by atoms with Crippen molar-refractivity contribution in [3.8, 4) is 5.75 Å². The molecule has 0 fully saturated rings. The minimum atomic E-state index is -0.351. The summed E-state index contributed by atoms with van der Waals surface area (Å²) in [4.78, 5) is 37.5. The van der Waals surface area contributed by atoms with Crippen molar-refractivity contribution in [2.45, 2.75) is 6.92 Å². The molecule has 0 aliphatic heterocycles. The fourth-order valence-electron chi connectivity index (χ4n) is 3.16. The number of hydrogen-bond acceptors (Lipinski definition) is 4. The van der Waals surface area contributed by atoms with E-state index in [2.05, 4.69) is 5.32 Å². The predicted octanol–water partition coefficient (Wildman–Crippen LogP) is 3.79. The largest absolute Gasteiger partial charge is 0.484 e. The molecule has 1 aliphatic carbocycles. The van der Waals surface area contributed by atoms with Crippen molar-refractivity contribution < 1.29 is 19.1 Å². The molecule has 0 radical (unpaired) electrons. The van der Waals surface area contributed by atoms with E-state index in [1.165, 1.54) is 6.07 Å². The van der Waals surface area contributed by atoms with Gasteiger partial charge in [-0.3, -0.25) is 14.4 Å². The van der Waals surface area contributed by atoms with Gasteiger partial charge in [0.2, 0.25) is 0 Å². The van der Waals surface area contributed by atoms with E-state index in [0.717, 1.165) is 5.56 Å². The van der Waals surface area contributed by atoms with Crippen LogP contribution >= 0.6 is 0 Å². The maximum atomic E-state index is 12.7. The van der Waals surface area contributed by atoms with Crippen LogP contribution in [0.5, 0.6) is 5.75 Å². The molecule has 5 heteroatoms. The van der Waals surface area contributed by atoms with Crippen molar-refractivity contribution in [2.24, 2.45) is 0 Å². The third-order valence-corrected chi connectivity index (χ3v) is 4.60. The van der Waals surface area contributed by atoms with Crippen LogP contribution in [-0.4, -0.2) is 24.1 Å². The van der Waals surface area contributed by atoms with Gasteiger partial charge in [-0.25, -0.2) is 0 Å². The summed E-state index contributed by atoms with van der Waals surface area (Å²) in [6.45, 7) is 1.81. The highest BCUT2D eigenvalue weighted by atomic mass is 16.5. The molecule has 0 bridgehead atoms. The number of hydrogen-bond donors (Lipinski definition) is 1. The Kier molecular flexibility index (Phi) is 4.49. The summed E-state index contributed by atoms with van der Waals surface area (Å²) < 4.78 is 5.46. The van der Waals surface area contributed by atoms with Gasteiger partial charge in [0.25, 0.3) is 5.91 Å². The molecule has 1 aliphatic rings. The van der Waals surface area contributed by atoms with Crippen LogP contribution in [-0.2, 0) is 4.79 Å². The van der Waals surface area contributed by atoms with Crippen molar-refractivity contribution in [3.63, 3.8) is 0 Å². The normalized spacial score (nSPS) is 12.2. The number of ether oxygens (including phenoxy) is 1. The van der Waals surface area contributed by atoms with E-state index >= 15 is 0 Å². The van der Waals surface area contributed by atoms with Gasteiger partial charge in [-0.2, -0.15) is 0 Å². The monoisotopic (exact) mass is 371 g/mol. The van der Waals surface area contributed by atoms with Gasteiger partial charge < -0.3 is 10.1 Å². The molecule has 0 aromatic heterocycles. The highest BCUT2D eigenvalue weighted by molar-refractivity contribution is 6.28. The molecule has 0 saturated carbocycles. The van der Waals surface area contributed by atoms with Crippen molar-refractivity contribution in [2.75, 3.05) is 11.9 Å². The van der Waals surface area contributed by atoms with Crippen LogP contribution < -0.4 is 10.1 Å². The van der Waals surface area contributed by atoms with Crippen LogP contribution in [0, 0.1) is 6.92 Å². The first-order valence-corrected chi connectivity index (χ1v) is 8.85. The van der Waals surface area contributed by atoms with E-state index in [4.69, 9.17) is 4.74 Å². The third kappa shape index (κ3) is 3.30. The van der Waals surface area contributed by atoms with Crippen LogP contribution in [0.25, 0.3) is 0 Å². The fourth-order valence-corrected chi connectivity index (χ4v) is 3.16. The smallest absolute Gasteiger partial charge is 0.262 e. The number of rotatable bonds is 4. The molecule has 0 atom stereocenters. The standard InChI is InChI=1S/C23H17NO4/c1-14-6-9-16(10-7-14)28-13-21(25)24-15-8-11-19-20(12-15)23(27)18-5-3-2-4-17(18)22(19)26/h2-12H,13H2,1H3,(H,24,25). The summed E-state index contributed by atoms with van der Waals surface area (Å²) in [7, 11) is 0. The van der Waals surface area contributed by atoms with Gasteiger partial charge in [0.15, 0.2) is 18.2 Å². The zero-order valence-corrected chi connectivity index (χ0v) is 15.2. The topological polar surface area (TPSA) is 72.5 Å². The Bertz CT molecular complexity index is 1100. The zero-order valence-electron chi connectivity index (χ0n) is 15.2. The van der Waals surface area contributed by atoms with E-state index in [1.54, 1.807) is 48.5 Å². The molecule has 5 nitrogen and oxygen atoms in total. The van der Waals surface area contributed by atoms with Gasteiger partial charge in [-0.15, -0.1) is 0 Å². The number of carbonyl (C=O) groups excluding carboxylic acids is 3. The Morgan fingerprint density at radius 1 is 0.821 bits per heavy atom. The second-order valence-corrected chi connectivity index (χ2v) is 6.61. The average Bonchev–Trinajstić information content (AvgIpc) is 2.71. The molecule has 138 valence electrons. The highest BCUT2D eigenvalue weighted by Crippen LogP contribution is 2.29. The van der Waals surface area contributed by atoms with Crippen LogP contribution in [0.15, 0.2) is 66.7 Å². The minimum absolute atomic E-state index is 0.157. The van der Waals surface area contributed by atoms with Crippen LogP contribution in [0.1, 0.15) is 37.4 Å². The molecule has 0 saturated heterocycles. The molecule has 1 N–H and O–H groups in total. The lowest BCUT2D eigenvalue weighted by Crippen LogP contribution is -2.23. The van der Waals surface area contributed by atoms with Gasteiger partial charge in [0.1, 0.15) is 5.75 Å². The first-order chi connectivity index (χ1) is 13.5. The Balaban J connectivity index is 1.50. The highest BCUT2D eigenvalue weighted by Gasteiger charge is 2.29. The van der Waals surface area contributed by atoms with E-state index in [-0.39, 0.29) is 24.1 Å². The first kappa shape index (κ1) is 17.7. The van der Waals surface area contributed by atoms with Gasteiger partial charge in [0.05, 0.1) is 0 Å². The lowest BCUT2D eigenvalue weighted by atomic mass is 9.84. The third-order valence-electron chi connectivity index (χ3n) is 4.60. The van der Waals surface area contributed by atoms with Crippen molar-refractivity contribution >= 4 is 23.2 Å². The van der Waals surface area contributed by atoms with Crippen LogP contribution in [0.4, 0.5) is 5.69 Å². The molecular weight excluding hydrogens is 354 g/mol. The number of fused-ring (bicyclic) bond motifs is 2. The number of carbonyl (C=O) groups is 3. The molecule has 1 amide bonds. The number of ketones is 2. The van der Waals surface area contributed by atoms with E-state index < -0.39 is 0 Å². The number of amides is 1. The van der Waals surface area contributed by atoms with E-state index in [9.17, 15) is 14.4 Å². The summed E-state index contributed by atoms with van der Waals surface area (Å²) in [5.74, 6) is -0.165. The summed E-state index contributed by atoms with van der Waals surface area (Å²) in [5, 5.41) is 2.71. The second-order valence-electron chi connectivity index (χ2n) is 6.61. The van der Waals surface area contributed by atoms with Gasteiger partial charge in [0, 0.05) is 27.9 Å². The molecule has 0 unspecified atom stereocenters. The zero-order chi connectivity index (χ0) is 19.7. The summed E-state index contributed by atoms with van der Waals surface area (Å²) in [5.41, 5.74) is 2.97. The first-order valence-electron chi connectivity index (χ1n) is 8.85. The second kappa shape index (κ2) is 7.12. The number of anilines is 1. The van der Waals surface area contributed by atoms with Gasteiger partial charge in [-0.05, 0) is 37.3 Å². The lowest BCUT2D eigenvalue weighted by Gasteiger charge is -2.18. The molecule has 3 aromatic rings. The predicted molar refractivity (Wildman–Crippen MR) is 105 cm³/mol. The molecule has 28 heavy (non-hydrogen) atoms. The SMILES string of the molecule is Cc1ccc(OCC(=O)Nc2ccc3c(c2)C(=O)c2ccccc2C3=O)cc1.